The van der Waals surface area contributed by atoms with Crippen LogP contribution >= 0.6 is 22.6 Å². The molecule has 0 aliphatic rings. The van der Waals surface area contributed by atoms with Gasteiger partial charge < -0.3 is 5.11 Å². The van der Waals surface area contributed by atoms with Crippen LogP contribution in [0.1, 0.15) is 17.0 Å². The Bertz CT molecular complexity index is 673. The molecule has 0 bridgehead atoms. The number of carboxylic acid groups (broad SMARTS) is 1. The summed E-state index contributed by atoms with van der Waals surface area (Å²) in [7, 11) is 0. The van der Waals surface area contributed by atoms with Crippen molar-refractivity contribution in [2.75, 3.05) is 0 Å². The van der Waals surface area contributed by atoms with Gasteiger partial charge in [0, 0.05) is 15.7 Å². The summed E-state index contributed by atoms with van der Waals surface area (Å²) in [5.41, 5.74) is 1.48. The number of benzene rings is 2. The Morgan fingerprint density at radius 2 is 1.90 bits per heavy atom. The predicted octanol–water partition coefficient (Wildman–Crippen LogP) is 3.61. The quantitative estimate of drug-likeness (QED) is 0.475. The van der Waals surface area contributed by atoms with Crippen LogP contribution in [0.4, 0.5) is 5.69 Å². The third-order valence-corrected chi connectivity index (χ3v) is 4.09. The normalized spacial score (nSPS) is 11.9. The number of carbonyl (C=O) groups is 1. The lowest BCUT2D eigenvalue weighted by Crippen LogP contribution is -2.15. The molecule has 0 aliphatic heterocycles. The number of rotatable bonds is 5. The molecule has 1 N–H and O–H groups in total. The molecule has 1 unspecified atom stereocenters. The van der Waals surface area contributed by atoms with Gasteiger partial charge in [-0.05, 0) is 40.1 Å². The number of nitrogens with zero attached hydrogens (tertiary/aromatic N) is 1. The highest BCUT2D eigenvalue weighted by atomic mass is 127. The molecule has 0 aliphatic carbocycles. The maximum Gasteiger partial charge on any atom is 0.311 e. The lowest BCUT2D eigenvalue weighted by atomic mass is 9.92. The lowest BCUT2D eigenvalue weighted by Gasteiger charge is -2.14. The standard InChI is InChI=1S/C15H12INO4/c16-14-9-11(17(20)21)6-7-12(14)13(15(18)19)8-10-4-2-1-3-5-10/h1-7,9,13H,8H2,(H,18,19). The summed E-state index contributed by atoms with van der Waals surface area (Å²) in [4.78, 5) is 21.8. The smallest absolute Gasteiger partial charge is 0.311 e. The van der Waals surface area contributed by atoms with Gasteiger partial charge in [-0.15, -0.1) is 0 Å². The maximum absolute atomic E-state index is 11.5. The van der Waals surface area contributed by atoms with E-state index in [0.717, 1.165) is 5.56 Å². The Hall–Kier alpha value is -1.96. The van der Waals surface area contributed by atoms with E-state index in [2.05, 4.69) is 0 Å². The zero-order valence-corrected chi connectivity index (χ0v) is 13.1. The number of nitro benzene ring substituents is 1. The first-order chi connectivity index (χ1) is 9.99. The van der Waals surface area contributed by atoms with E-state index in [1.54, 1.807) is 0 Å². The van der Waals surface area contributed by atoms with Crippen LogP contribution in [0.25, 0.3) is 0 Å². The van der Waals surface area contributed by atoms with Crippen LogP contribution in [0.3, 0.4) is 0 Å². The van der Waals surface area contributed by atoms with Gasteiger partial charge in [-0.25, -0.2) is 0 Å². The van der Waals surface area contributed by atoms with Crippen molar-refractivity contribution in [1.29, 1.82) is 0 Å². The first kappa shape index (κ1) is 15.4. The summed E-state index contributed by atoms with van der Waals surface area (Å²) < 4.78 is 0.588. The van der Waals surface area contributed by atoms with Crippen molar-refractivity contribution in [3.05, 3.63) is 73.3 Å². The SMILES string of the molecule is O=C(O)C(Cc1ccccc1)c1ccc([N+](=O)[O-])cc1I. The molecule has 0 radical (unpaired) electrons. The van der Waals surface area contributed by atoms with Crippen molar-refractivity contribution >= 4 is 34.2 Å². The Labute approximate surface area is 134 Å². The second kappa shape index (κ2) is 6.66. The first-order valence-corrected chi connectivity index (χ1v) is 7.27. The van der Waals surface area contributed by atoms with Crippen LogP contribution in [0.15, 0.2) is 48.5 Å². The third kappa shape index (κ3) is 3.78. The fraction of sp³-hybridized carbons (Fsp3) is 0.133. The number of hydrogen-bond donors (Lipinski definition) is 1. The molecule has 1 atom stereocenters. The molecule has 108 valence electrons. The summed E-state index contributed by atoms with van der Waals surface area (Å²) in [5, 5.41) is 20.2. The van der Waals surface area contributed by atoms with Crippen LogP contribution in [0, 0.1) is 13.7 Å². The van der Waals surface area contributed by atoms with Crippen molar-refractivity contribution in [3.8, 4) is 0 Å². The Morgan fingerprint density at radius 1 is 1.24 bits per heavy atom. The predicted molar refractivity (Wildman–Crippen MR) is 86.3 cm³/mol. The topological polar surface area (TPSA) is 80.4 Å². The van der Waals surface area contributed by atoms with Gasteiger partial charge in [0.1, 0.15) is 0 Å². The summed E-state index contributed by atoms with van der Waals surface area (Å²) in [6.45, 7) is 0. The monoisotopic (exact) mass is 397 g/mol. The highest BCUT2D eigenvalue weighted by Gasteiger charge is 2.24. The zero-order valence-electron chi connectivity index (χ0n) is 10.9. The van der Waals surface area contributed by atoms with Gasteiger partial charge in [-0.2, -0.15) is 0 Å². The fourth-order valence-electron chi connectivity index (χ4n) is 2.09. The molecule has 6 heteroatoms. The second-order valence-electron chi connectivity index (χ2n) is 4.54. The van der Waals surface area contributed by atoms with Gasteiger partial charge in [0.2, 0.25) is 0 Å². The summed E-state index contributed by atoms with van der Waals surface area (Å²) >= 11 is 1.94. The summed E-state index contributed by atoms with van der Waals surface area (Å²) in [5.74, 6) is -1.66. The molecule has 2 aromatic rings. The number of aliphatic carboxylic acids is 1. The Morgan fingerprint density at radius 3 is 2.43 bits per heavy atom. The number of halogens is 1. The van der Waals surface area contributed by atoms with Crippen LogP contribution in [0.5, 0.6) is 0 Å². The number of hydrogen-bond acceptors (Lipinski definition) is 3. The molecule has 2 aromatic carbocycles. The van der Waals surface area contributed by atoms with Gasteiger partial charge >= 0.3 is 5.97 Å². The number of non-ortho nitro benzene ring substituents is 1. The zero-order chi connectivity index (χ0) is 15.4. The fourth-order valence-corrected chi connectivity index (χ4v) is 2.97. The molecule has 5 nitrogen and oxygen atoms in total. The maximum atomic E-state index is 11.5. The molecule has 0 aromatic heterocycles. The molecule has 21 heavy (non-hydrogen) atoms. The van der Waals surface area contributed by atoms with E-state index < -0.39 is 16.8 Å². The molecule has 0 saturated heterocycles. The van der Waals surface area contributed by atoms with Crippen molar-refractivity contribution in [1.82, 2.24) is 0 Å². The van der Waals surface area contributed by atoms with E-state index in [1.807, 2.05) is 52.9 Å². The van der Waals surface area contributed by atoms with E-state index in [-0.39, 0.29) is 5.69 Å². The van der Waals surface area contributed by atoms with Gasteiger partial charge in [-0.1, -0.05) is 36.4 Å². The third-order valence-electron chi connectivity index (χ3n) is 3.15. The van der Waals surface area contributed by atoms with Gasteiger partial charge in [0.15, 0.2) is 0 Å². The molecular weight excluding hydrogens is 385 g/mol. The van der Waals surface area contributed by atoms with Crippen LogP contribution < -0.4 is 0 Å². The molecule has 0 spiro atoms. The number of carboxylic acids is 1. The molecule has 2 rings (SSSR count). The highest BCUT2D eigenvalue weighted by Crippen LogP contribution is 2.28. The summed E-state index contributed by atoms with van der Waals surface area (Å²) in [6, 6.07) is 13.6. The van der Waals surface area contributed by atoms with E-state index in [0.29, 0.717) is 15.6 Å². The van der Waals surface area contributed by atoms with E-state index in [1.165, 1.54) is 18.2 Å². The van der Waals surface area contributed by atoms with Gasteiger partial charge in [0.05, 0.1) is 10.8 Å². The highest BCUT2D eigenvalue weighted by molar-refractivity contribution is 14.1. The largest absolute Gasteiger partial charge is 0.481 e. The minimum atomic E-state index is -0.939. The summed E-state index contributed by atoms with van der Waals surface area (Å²) in [6.07, 6.45) is 0.351. The molecule has 0 heterocycles. The van der Waals surface area contributed by atoms with Crippen molar-refractivity contribution in [3.63, 3.8) is 0 Å². The minimum absolute atomic E-state index is 0.0352. The van der Waals surface area contributed by atoms with Gasteiger partial charge in [0.25, 0.3) is 5.69 Å². The van der Waals surface area contributed by atoms with Crippen LogP contribution in [0.2, 0.25) is 0 Å². The lowest BCUT2D eigenvalue weighted by molar-refractivity contribution is -0.385. The average Bonchev–Trinajstić information content (AvgIpc) is 2.46. The number of nitro groups is 1. The van der Waals surface area contributed by atoms with Crippen molar-refractivity contribution in [2.45, 2.75) is 12.3 Å². The minimum Gasteiger partial charge on any atom is -0.481 e. The average molecular weight is 397 g/mol. The van der Waals surface area contributed by atoms with E-state index in [9.17, 15) is 20.0 Å². The molecule has 0 fully saturated rings. The van der Waals surface area contributed by atoms with Crippen LogP contribution in [-0.4, -0.2) is 16.0 Å². The first-order valence-electron chi connectivity index (χ1n) is 6.19. The van der Waals surface area contributed by atoms with E-state index >= 15 is 0 Å². The second-order valence-corrected chi connectivity index (χ2v) is 5.71. The Kier molecular flexibility index (Phi) is 4.89. The molecular formula is C15H12INO4. The van der Waals surface area contributed by atoms with Gasteiger partial charge in [-0.3, -0.25) is 14.9 Å². The van der Waals surface area contributed by atoms with Crippen molar-refractivity contribution < 1.29 is 14.8 Å². The molecule has 0 amide bonds. The van der Waals surface area contributed by atoms with E-state index in [4.69, 9.17) is 0 Å². The van der Waals surface area contributed by atoms with Crippen LogP contribution in [-0.2, 0) is 11.2 Å². The Balaban J connectivity index is 2.35. The van der Waals surface area contributed by atoms with Crippen molar-refractivity contribution in [2.24, 2.45) is 0 Å². The molecule has 0 saturated carbocycles.